The molecule has 0 saturated heterocycles. The van der Waals surface area contributed by atoms with Crippen molar-refractivity contribution in [1.82, 2.24) is 0 Å². The summed E-state index contributed by atoms with van der Waals surface area (Å²) in [5.74, 6) is 2.69. The van der Waals surface area contributed by atoms with Crippen molar-refractivity contribution in [3.63, 3.8) is 0 Å². The third-order valence-electron chi connectivity index (χ3n) is 2.98. The van der Waals surface area contributed by atoms with Crippen molar-refractivity contribution in [2.45, 2.75) is 31.6 Å². The zero-order valence-electron chi connectivity index (χ0n) is 10.8. The number of carbonyl (C=O) groups excluding carboxylic acids is 1. The molecule has 1 rings (SSSR count). The smallest absolute Gasteiger partial charge is 0.328 e. The van der Waals surface area contributed by atoms with E-state index in [1.54, 1.807) is 0 Å². The van der Waals surface area contributed by atoms with Crippen molar-refractivity contribution in [2.75, 3.05) is 7.11 Å². The maximum atomic E-state index is 12.2. The molecule has 0 amide bonds. The maximum Gasteiger partial charge on any atom is 0.328 e. The van der Waals surface area contributed by atoms with Crippen molar-refractivity contribution in [1.29, 1.82) is 0 Å². The molecule has 3 radical (unpaired) electrons. The van der Waals surface area contributed by atoms with E-state index in [4.69, 9.17) is 4.74 Å². The van der Waals surface area contributed by atoms with E-state index in [0.29, 0.717) is 6.42 Å². The Morgan fingerprint density at radius 1 is 1.39 bits per heavy atom. The number of benzene rings is 1. The summed E-state index contributed by atoms with van der Waals surface area (Å²) >= 11 is 0. The molecule has 18 heavy (non-hydrogen) atoms. The molecule has 0 fully saturated rings. The average Bonchev–Trinajstić information content (AvgIpc) is 2.43. The van der Waals surface area contributed by atoms with Gasteiger partial charge in [-0.15, -0.1) is 5.54 Å². The molecule has 93 valence electrons. The lowest BCUT2D eigenvalue weighted by Crippen LogP contribution is -2.35. The van der Waals surface area contributed by atoms with E-state index in [2.05, 4.69) is 28.6 Å². The van der Waals surface area contributed by atoms with Crippen LogP contribution in [-0.2, 0) is 14.9 Å². The quantitative estimate of drug-likeness (QED) is 0.460. The lowest BCUT2D eigenvalue weighted by molar-refractivity contribution is -0.145. The number of carbonyl (C=O) groups is 1. The van der Waals surface area contributed by atoms with Gasteiger partial charge in [0.25, 0.3) is 0 Å². The Kier molecular flexibility index (Phi) is 5.67. The molecule has 1 unspecified atom stereocenters. The van der Waals surface area contributed by atoms with Gasteiger partial charge in [-0.3, -0.25) is 4.79 Å². The van der Waals surface area contributed by atoms with Crippen molar-refractivity contribution < 1.29 is 9.53 Å². The van der Waals surface area contributed by atoms with Gasteiger partial charge in [0, 0.05) is 0 Å². The standard InChI is InChI=1S/C15H17O2Si/c1-3-4-10-15(11-12-18,14(16)17-2)13-8-6-5-7-9-13/h5-9H,3-4,10H2,1-2H3. The third-order valence-corrected chi connectivity index (χ3v) is 3.11. The summed E-state index contributed by atoms with van der Waals surface area (Å²) in [6, 6.07) is 9.58. The van der Waals surface area contributed by atoms with Gasteiger partial charge in [0.2, 0.25) is 0 Å². The monoisotopic (exact) mass is 257 g/mol. The van der Waals surface area contributed by atoms with E-state index in [-0.39, 0.29) is 5.97 Å². The van der Waals surface area contributed by atoms with Crippen molar-refractivity contribution in [3.8, 4) is 11.5 Å². The fraction of sp³-hybridized carbons (Fsp3) is 0.400. The average molecular weight is 257 g/mol. The summed E-state index contributed by atoms with van der Waals surface area (Å²) in [5, 5.41) is 0. The normalized spacial score (nSPS) is 13.1. The first-order valence-electron chi connectivity index (χ1n) is 6.04. The summed E-state index contributed by atoms with van der Waals surface area (Å²) < 4.78 is 4.96. The number of rotatable bonds is 5. The fourth-order valence-corrected chi connectivity index (χ4v) is 2.21. The minimum absolute atomic E-state index is 0.298. The molecule has 0 heterocycles. The molecule has 0 aliphatic rings. The highest BCUT2D eigenvalue weighted by molar-refractivity contribution is 6.22. The number of unbranched alkanes of at least 4 members (excludes halogenated alkanes) is 1. The van der Waals surface area contributed by atoms with Crippen LogP contribution in [0.2, 0.25) is 0 Å². The summed E-state index contributed by atoms with van der Waals surface area (Å²) in [6.45, 7) is 2.09. The second-order valence-corrected chi connectivity index (χ2v) is 4.37. The summed E-state index contributed by atoms with van der Waals surface area (Å²) in [6.07, 6.45) is 2.59. The summed E-state index contributed by atoms with van der Waals surface area (Å²) in [7, 11) is 4.56. The molecule has 0 N–H and O–H groups in total. The number of esters is 1. The second kappa shape index (κ2) is 7.02. The highest BCUT2D eigenvalue weighted by Gasteiger charge is 2.39. The van der Waals surface area contributed by atoms with Crippen LogP contribution in [0.15, 0.2) is 30.3 Å². The van der Waals surface area contributed by atoms with Crippen LogP contribution in [0.3, 0.4) is 0 Å². The minimum Gasteiger partial charge on any atom is -0.468 e. The lowest BCUT2D eigenvalue weighted by Gasteiger charge is -2.26. The molecule has 0 aromatic heterocycles. The van der Waals surface area contributed by atoms with Gasteiger partial charge in [-0.1, -0.05) is 56.0 Å². The summed E-state index contributed by atoms with van der Waals surface area (Å²) in [5.41, 5.74) is 2.70. The molecule has 0 saturated carbocycles. The van der Waals surface area contributed by atoms with Crippen LogP contribution in [0, 0.1) is 11.5 Å². The Hall–Kier alpha value is -1.53. The molecular weight excluding hydrogens is 240 g/mol. The zero-order valence-corrected chi connectivity index (χ0v) is 11.8. The van der Waals surface area contributed by atoms with Gasteiger partial charge in [-0.05, 0) is 12.0 Å². The number of methoxy groups -OCH3 is 1. The second-order valence-electron chi connectivity index (χ2n) is 4.12. The molecule has 0 bridgehead atoms. The van der Waals surface area contributed by atoms with Crippen LogP contribution in [0.1, 0.15) is 31.7 Å². The van der Waals surface area contributed by atoms with E-state index < -0.39 is 5.41 Å². The molecule has 3 heteroatoms. The van der Waals surface area contributed by atoms with Gasteiger partial charge in [-0.25, -0.2) is 0 Å². The number of hydrogen-bond acceptors (Lipinski definition) is 2. The zero-order chi connectivity index (χ0) is 13.4. The molecule has 2 nitrogen and oxygen atoms in total. The van der Waals surface area contributed by atoms with Crippen LogP contribution in [-0.4, -0.2) is 23.3 Å². The van der Waals surface area contributed by atoms with Gasteiger partial charge in [-0.2, -0.15) is 0 Å². The topological polar surface area (TPSA) is 26.3 Å². The van der Waals surface area contributed by atoms with Gasteiger partial charge in [0.05, 0.1) is 7.11 Å². The third kappa shape index (κ3) is 3.02. The fourth-order valence-electron chi connectivity index (χ4n) is 2.00. The molecule has 0 aliphatic carbocycles. The highest BCUT2D eigenvalue weighted by atomic mass is 28.1. The first kappa shape index (κ1) is 14.5. The molecule has 1 atom stereocenters. The van der Waals surface area contributed by atoms with Crippen LogP contribution >= 0.6 is 0 Å². The van der Waals surface area contributed by atoms with Crippen LogP contribution in [0.5, 0.6) is 0 Å². The van der Waals surface area contributed by atoms with E-state index in [1.807, 2.05) is 30.3 Å². The van der Waals surface area contributed by atoms with E-state index in [1.165, 1.54) is 7.11 Å². The number of hydrogen-bond donors (Lipinski definition) is 0. The molecule has 1 aromatic carbocycles. The first-order valence-corrected chi connectivity index (χ1v) is 6.54. The molecule has 0 spiro atoms. The largest absolute Gasteiger partial charge is 0.468 e. The summed E-state index contributed by atoms with van der Waals surface area (Å²) in [4.78, 5) is 12.2. The van der Waals surface area contributed by atoms with Crippen molar-refractivity contribution in [3.05, 3.63) is 35.9 Å². The Morgan fingerprint density at radius 3 is 2.56 bits per heavy atom. The predicted octanol–water partition coefficient (Wildman–Crippen LogP) is 2.42. The predicted molar refractivity (Wildman–Crippen MR) is 73.2 cm³/mol. The SMILES string of the molecule is CCCCC(C#C[Si])(C(=O)OC)c1ccccc1. The Balaban J connectivity index is 3.27. The van der Waals surface area contributed by atoms with Crippen LogP contribution < -0.4 is 0 Å². The van der Waals surface area contributed by atoms with Crippen LogP contribution in [0.25, 0.3) is 0 Å². The molecule has 1 aromatic rings. The van der Waals surface area contributed by atoms with Crippen molar-refractivity contribution >= 4 is 16.2 Å². The maximum absolute atomic E-state index is 12.2. The molecule has 0 aliphatic heterocycles. The Bertz CT molecular complexity index is 445. The number of ether oxygens (including phenoxy) is 1. The minimum atomic E-state index is -0.867. The van der Waals surface area contributed by atoms with E-state index in [9.17, 15) is 4.79 Å². The Labute approximate surface area is 112 Å². The highest BCUT2D eigenvalue weighted by Crippen LogP contribution is 2.31. The van der Waals surface area contributed by atoms with E-state index in [0.717, 1.165) is 18.4 Å². The van der Waals surface area contributed by atoms with Crippen LogP contribution in [0.4, 0.5) is 0 Å². The van der Waals surface area contributed by atoms with Gasteiger partial charge in [0.1, 0.15) is 10.2 Å². The first-order chi connectivity index (χ1) is 8.71. The van der Waals surface area contributed by atoms with Gasteiger partial charge < -0.3 is 4.74 Å². The lowest BCUT2D eigenvalue weighted by atomic mass is 9.77. The van der Waals surface area contributed by atoms with E-state index >= 15 is 0 Å². The van der Waals surface area contributed by atoms with Crippen molar-refractivity contribution in [2.24, 2.45) is 0 Å². The van der Waals surface area contributed by atoms with Gasteiger partial charge >= 0.3 is 5.97 Å². The van der Waals surface area contributed by atoms with Gasteiger partial charge in [0.15, 0.2) is 5.41 Å². The Morgan fingerprint density at radius 2 is 2.06 bits per heavy atom. The molecular formula is C15H17O2Si.